The van der Waals surface area contributed by atoms with Crippen molar-refractivity contribution in [2.75, 3.05) is 0 Å². The van der Waals surface area contributed by atoms with Gasteiger partial charge >= 0.3 is 5.97 Å². The molecule has 5 nitrogen and oxygen atoms in total. The fraction of sp³-hybridized carbons (Fsp3) is 0.524. The summed E-state index contributed by atoms with van der Waals surface area (Å²) in [7, 11) is -1.36. The smallest absolute Gasteiger partial charge is 0.338 e. The molecule has 1 fully saturated rings. The van der Waals surface area contributed by atoms with Gasteiger partial charge in [0.15, 0.2) is 9.04 Å². The van der Waals surface area contributed by atoms with Crippen molar-refractivity contribution in [3.8, 4) is 0 Å². The van der Waals surface area contributed by atoms with Gasteiger partial charge in [-0.1, -0.05) is 45.5 Å². The van der Waals surface area contributed by atoms with Crippen LogP contribution in [0.3, 0.4) is 0 Å². The van der Waals surface area contributed by atoms with Gasteiger partial charge in [0, 0.05) is 12.3 Å². The van der Waals surface area contributed by atoms with Gasteiger partial charge in [-0.25, -0.2) is 4.79 Å². The Morgan fingerprint density at radius 1 is 1.26 bits per heavy atom. The molecule has 0 radical (unpaired) electrons. The maximum atomic E-state index is 12.6. The van der Waals surface area contributed by atoms with Gasteiger partial charge in [0.05, 0.1) is 11.7 Å². The minimum Gasteiger partial charge on any atom is -0.460 e. The first-order valence-electron chi connectivity index (χ1n) is 9.34. The van der Waals surface area contributed by atoms with Crippen LogP contribution in [-0.4, -0.2) is 39.8 Å². The third-order valence-electron chi connectivity index (χ3n) is 4.77. The lowest BCUT2D eigenvalue weighted by molar-refractivity contribution is -0.132. The van der Waals surface area contributed by atoms with E-state index in [4.69, 9.17) is 13.9 Å². The van der Waals surface area contributed by atoms with Crippen molar-refractivity contribution in [1.82, 2.24) is 0 Å². The van der Waals surface area contributed by atoms with Gasteiger partial charge in [-0.05, 0) is 36.2 Å². The summed E-state index contributed by atoms with van der Waals surface area (Å²) in [4.78, 5) is 23.5. The number of carbonyl (C=O) groups excluding carboxylic acids is 2. The lowest BCUT2D eigenvalue weighted by Gasteiger charge is -2.39. The van der Waals surface area contributed by atoms with E-state index in [0.29, 0.717) is 18.5 Å². The Balaban J connectivity index is 2.31. The van der Waals surface area contributed by atoms with Gasteiger partial charge in [-0.15, -0.1) is 0 Å². The molecule has 0 spiro atoms. The zero-order valence-electron chi connectivity index (χ0n) is 16.8. The lowest BCUT2D eigenvalue weighted by Crippen LogP contribution is -2.44. The van der Waals surface area contributed by atoms with Crippen LogP contribution >= 0.6 is 0 Å². The Labute approximate surface area is 163 Å². The van der Waals surface area contributed by atoms with Crippen LogP contribution in [0.1, 0.15) is 37.6 Å². The summed E-state index contributed by atoms with van der Waals surface area (Å²) in [5.74, 6) is -0.614. The Kier molecular flexibility index (Phi) is 7.00. The number of hydrogen-bond donors (Lipinski definition) is 0. The number of hydrogen-bond acceptors (Lipinski definition) is 5. The first-order valence-corrected chi connectivity index (χ1v) is 12.1. The lowest BCUT2D eigenvalue weighted by atomic mass is 9.78. The monoisotopic (exact) mass is 390 g/mol. The van der Waals surface area contributed by atoms with E-state index in [9.17, 15) is 9.59 Å². The van der Waals surface area contributed by atoms with E-state index in [1.807, 2.05) is 6.07 Å². The average Bonchev–Trinajstić information content (AvgIpc) is 2.88. The standard InChI is InChI=1S/C21H30O5Si/c1-14-16(24-13-22)12-17(25-20(23)15-10-8-7-9-11-15)18(14)19(21(2,3)4)26-27(5)6/h7-11,13,16-19,27H,1,12H2,2-6H3/t16-,17+,18-,19?/m1/s1. The van der Waals surface area contributed by atoms with E-state index < -0.39 is 21.2 Å². The molecule has 2 rings (SSSR count). The molecule has 0 saturated heterocycles. The predicted molar refractivity (Wildman–Crippen MR) is 107 cm³/mol. The molecule has 0 amide bonds. The molecule has 1 aliphatic carbocycles. The number of carbonyl (C=O) groups is 2. The number of benzene rings is 1. The average molecular weight is 391 g/mol. The highest BCUT2D eigenvalue weighted by atomic mass is 28.3. The number of ether oxygens (including phenoxy) is 2. The highest BCUT2D eigenvalue weighted by Crippen LogP contribution is 2.43. The molecule has 1 saturated carbocycles. The van der Waals surface area contributed by atoms with Crippen LogP contribution in [0.5, 0.6) is 0 Å². The Morgan fingerprint density at radius 3 is 2.41 bits per heavy atom. The molecule has 0 heterocycles. The number of rotatable bonds is 7. The van der Waals surface area contributed by atoms with Crippen LogP contribution in [0.25, 0.3) is 0 Å². The van der Waals surface area contributed by atoms with Crippen LogP contribution in [0, 0.1) is 11.3 Å². The first kappa shape index (κ1) is 21.4. The Hall–Kier alpha value is -1.92. The summed E-state index contributed by atoms with van der Waals surface area (Å²) in [5, 5.41) is 0. The normalized spacial score (nSPS) is 23.9. The fourth-order valence-electron chi connectivity index (χ4n) is 3.58. The van der Waals surface area contributed by atoms with Crippen LogP contribution < -0.4 is 0 Å². The van der Waals surface area contributed by atoms with Crippen LogP contribution in [-0.2, 0) is 18.7 Å². The molecule has 1 aromatic carbocycles. The molecule has 0 N–H and O–H groups in total. The second kappa shape index (κ2) is 8.84. The molecular weight excluding hydrogens is 360 g/mol. The van der Waals surface area contributed by atoms with Gasteiger partial charge in [0.2, 0.25) is 0 Å². The van der Waals surface area contributed by atoms with Crippen molar-refractivity contribution in [3.63, 3.8) is 0 Å². The third-order valence-corrected chi connectivity index (χ3v) is 5.61. The predicted octanol–water partition coefficient (Wildman–Crippen LogP) is 3.74. The molecule has 27 heavy (non-hydrogen) atoms. The molecular formula is C21H30O5Si. The summed E-state index contributed by atoms with van der Waals surface area (Å²) in [6.45, 7) is 15.1. The Bertz CT molecular complexity index is 665. The SMILES string of the molecule is C=C1[C@H](OC=O)C[C@H](OC(=O)c2ccccc2)[C@@H]1C(O[SiH](C)C)C(C)(C)C. The van der Waals surface area contributed by atoms with Crippen molar-refractivity contribution in [2.24, 2.45) is 11.3 Å². The quantitative estimate of drug-likeness (QED) is 0.307. The van der Waals surface area contributed by atoms with Gasteiger partial charge in [-0.3, -0.25) is 4.79 Å². The fourth-order valence-corrected chi connectivity index (χ4v) is 4.75. The summed E-state index contributed by atoms with van der Waals surface area (Å²) < 4.78 is 17.4. The van der Waals surface area contributed by atoms with E-state index in [0.717, 1.165) is 5.57 Å². The zero-order valence-corrected chi connectivity index (χ0v) is 18.0. The highest BCUT2D eigenvalue weighted by molar-refractivity contribution is 6.48. The van der Waals surface area contributed by atoms with Crippen molar-refractivity contribution in [1.29, 1.82) is 0 Å². The third kappa shape index (κ3) is 5.29. The van der Waals surface area contributed by atoms with Crippen molar-refractivity contribution < 1.29 is 23.5 Å². The Morgan fingerprint density at radius 2 is 1.89 bits per heavy atom. The highest BCUT2D eigenvalue weighted by Gasteiger charge is 2.49. The van der Waals surface area contributed by atoms with Crippen molar-refractivity contribution in [3.05, 3.63) is 48.0 Å². The largest absolute Gasteiger partial charge is 0.460 e. The van der Waals surface area contributed by atoms with E-state index >= 15 is 0 Å². The molecule has 148 valence electrons. The second-order valence-electron chi connectivity index (χ2n) is 8.34. The zero-order chi connectivity index (χ0) is 20.2. The molecule has 1 aromatic rings. The maximum absolute atomic E-state index is 12.6. The molecule has 4 atom stereocenters. The van der Waals surface area contributed by atoms with Gasteiger partial charge in [0.25, 0.3) is 6.47 Å². The molecule has 1 unspecified atom stereocenters. The summed E-state index contributed by atoms with van der Waals surface area (Å²) in [6, 6.07) is 8.89. The number of esters is 1. The molecule has 0 aromatic heterocycles. The molecule has 0 aliphatic heterocycles. The van der Waals surface area contributed by atoms with Gasteiger partial charge in [-0.2, -0.15) is 0 Å². The summed E-state index contributed by atoms with van der Waals surface area (Å²) >= 11 is 0. The van der Waals surface area contributed by atoms with E-state index in [1.54, 1.807) is 24.3 Å². The van der Waals surface area contributed by atoms with E-state index in [2.05, 4.69) is 40.4 Å². The van der Waals surface area contributed by atoms with E-state index in [1.165, 1.54) is 0 Å². The first-order chi connectivity index (χ1) is 12.6. The maximum Gasteiger partial charge on any atom is 0.338 e. The van der Waals surface area contributed by atoms with Crippen LogP contribution in [0.15, 0.2) is 42.5 Å². The van der Waals surface area contributed by atoms with Crippen LogP contribution in [0.2, 0.25) is 13.1 Å². The molecule has 0 bridgehead atoms. The minimum absolute atomic E-state index is 0.175. The van der Waals surface area contributed by atoms with Crippen molar-refractivity contribution in [2.45, 2.75) is 58.6 Å². The van der Waals surface area contributed by atoms with Gasteiger partial charge in [0.1, 0.15) is 12.2 Å². The second-order valence-corrected chi connectivity index (χ2v) is 10.7. The van der Waals surface area contributed by atoms with E-state index in [-0.39, 0.29) is 23.4 Å². The topological polar surface area (TPSA) is 61.8 Å². The van der Waals surface area contributed by atoms with Crippen molar-refractivity contribution >= 4 is 21.5 Å². The van der Waals surface area contributed by atoms with Gasteiger partial charge < -0.3 is 13.9 Å². The minimum atomic E-state index is -1.36. The molecule has 6 heteroatoms. The summed E-state index contributed by atoms with van der Waals surface area (Å²) in [5.41, 5.74) is 1.06. The molecule has 1 aliphatic rings. The summed E-state index contributed by atoms with van der Waals surface area (Å²) in [6.07, 6.45) is -0.697. The van der Waals surface area contributed by atoms with Crippen LogP contribution in [0.4, 0.5) is 0 Å².